The van der Waals surface area contributed by atoms with Gasteiger partial charge in [0.2, 0.25) is 0 Å². The van der Waals surface area contributed by atoms with Crippen LogP contribution in [0.5, 0.6) is 0 Å². The molecule has 2 N–H and O–H groups in total. The number of hydrogen-bond donors (Lipinski definition) is 2. The Morgan fingerprint density at radius 1 is 0.510 bits per heavy atom. The van der Waals surface area contributed by atoms with Gasteiger partial charge in [-0.1, -0.05) is 179 Å². The molecule has 0 heterocycles. The summed E-state index contributed by atoms with van der Waals surface area (Å²) < 4.78 is 26.4. The first-order valence-corrected chi connectivity index (χ1v) is 22.7. The summed E-state index contributed by atoms with van der Waals surface area (Å²) >= 11 is 0. The van der Waals surface area contributed by atoms with E-state index in [4.69, 9.17) is 19.3 Å². The van der Waals surface area contributed by atoms with Crippen molar-refractivity contribution in [2.45, 2.75) is 219 Å². The van der Waals surface area contributed by atoms with E-state index in [1.165, 1.54) is 122 Å². The molecule has 0 amide bonds. The fraction of sp³-hybridized carbons (Fsp3) is 0.857. The number of rotatable bonds is 39. The number of hydrogen-bond acceptors (Lipinski definition) is 6. The Hall–Kier alpha value is -1.47. The average Bonchev–Trinajstić information content (AvgIpc) is 3.10. The monoisotopic (exact) mass is 743 g/mol. The SMILES string of the molecule is CCCCC/C=C\C/C=C\CCCCCCCC(=O)OC(COC(=O)CCCCCCCCCCCCCCCCCCCC)COP(=O)(O)O. The van der Waals surface area contributed by atoms with Gasteiger partial charge in [-0.05, 0) is 44.9 Å². The maximum absolute atomic E-state index is 12.4. The maximum Gasteiger partial charge on any atom is 0.469 e. The number of esters is 2. The van der Waals surface area contributed by atoms with Gasteiger partial charge in [0, 0.05) is 12.8 Å². The molecular weight excluding hydrogens is 663 g/mol. The molecule has 0 aliphatic heterocycles. The van der Waals surface area contributed by atoms with Crippen LogP contribution < -0.4 is 0 Å². The van der Waals surface area contributed by atoms with Crippen LogP contribution in [0.25, 0.3) is 0 Å². The molecule has 0 aliphatic rings. The molecule has 0 rings (SSSR count). The molecule has 0 aliphatic carbocycles. The van der Waals surface area contributed by atoms with Gasteiger partial charge >= 0.3 is 19.8 Å². The first-order chi connectivity index (χ1) is 24.8. The van der Waals surface area contributed by atoms with E-state index in [1.807, 2.05) is 0 Å². The van der Waals surface area contributed by atoms with Crippen LogP contribution in [0.1, 0.15) is 213 Å². The molecule has 1 unspecified atom stereocenters. The van der Waals surface area contributed by atoms with Crippen LogP contribution in [-0.2, 0) is 28.2 Å². The normalized spacial score (nSPS) is 12.6. The van der Waals surface area contributed by atoms with Crippen LogP contribution in [0.2, 0.25) is 0 Å². The fourth-order valence-electron chi connectivity index (χ4n) is 6.05. The van der Waals surface area contributed by atoms with Gasteiger partial charge in [0.05, 0.1) is 6.61 Å². The van der Waals surface area contributed by atoms with Gasteiger partial charge in [-0.15, -0.1) is 0 Å². The Morgan fingerprint density at radius 2 is 0.882 bits per heavy atom. The zero-order chi connectivity index (χ0) is 37.5. The minimum absolute atomic E-state index is 0.199. The number of allylic oxidation sites excluding steroid dienone is 4. The first kappa shape index (κ1) is 49.5. The van der Waals surface area contributed by atoms with Crippen LogP contribution in [0.15, 0.2) is 24.3 Å². The molecule has 0 aromatic carbocycles. The van der Waals surface area contributed by atoms with E-state index in [0.717, 1.165) is 57.8 Å². The van der Waals surface area contributed by atoms with E-state index in [2.05, 4.69) is 42.7 Å². The van der Waals surface area contributed by atoms with E-state index in [-0.39, 0.29) is 19.4 Å². The van der Waals surface area contributed by atoms with Crippen LogP contribution in [0.4, 0.5) is 0 Å². The predicted molar refractivity (Wildman–Crippen MR) is 212 cm³/mol. The molecule has 0 aromatic heterocycles. The van der Waals surface area contributed by atoms with Crippen molar-refractivity contribution in [1.29, 1.82) is 0 Å². The number of unbranched alkanes of at least 4 members (excludes halogenated alkanes) is 25. The Morgan fingerprint density at radius 3 is 1.33 bits per heavy atom. The number of carbonyl (C=O) groups excluding carboxylic acids is 2. The van der Waals surface area contributed by atoms with Crippen molar-refractivity contribution in [2.24, 2.45) is 0 Å². The van der Waals surface area contributed by atoms with Gasteiger partial charge in [0.15, 0.2) is 6.10 Å². The Labute approximate surface area is 313 Å². The summed E-state index contributed by atoms with van der Waals surface area (Å²) in [5, 5.41) is 0. The molecular formula is C42H79O8P. The Bertz CT molecular complexity index is 884. The third-order valence-electron chi connectivity index (χ3n) is 9.22. The minimum atomic E-state index is -4.75. The quantitative estimate of drug-likeness (QED) is 0.0276. The van der Waals surface area contributed by atoms with Crippen LogP contribution in [-0.4, -0.2) is 41.0 Å². The van der Waals surface area contributed by atoms with Gasteiger partial charge in [-0.3, -0.25) is 14.1 Å². The second-order valence-corrected chi connectivity index (χ2v) is 15.6. The third kappa shape index (κ3) is 41.2. The second kappa shape index (κ2) is 38.3. The summed E-state index contributed by atoms with van der Waals surface area (Å²) in [6, 6.07) is 0. The van der Waals surface area contributed by atoms with Gasteiger partial charge < -0.3 is 19.3 Å². The topological polar surface area (TPSA) is 119 Å². The van der Waals surface area contributed by atoms with Crippen molar-refractivity contribution in [2.75, 3.05) is 13.2 Å². The standard InChI is InChI=1S/C42H79O8P/c1-3-5-7-9-11-13-15-17-19-20-21-23-24-26-28-30-32-34-36-41(43)48-38-40(39-49-51(45,46)47)50-42(44)37-35-33-31-29-27-25-22-18-16-14-12-10-8-6-4-2/h12,14,18,22,40H,3-11,13,15-17,19-21,23-39H2,1-2H3,(H2,45,46,47)/b14-12-,22-18-. The number of ether oxygens (including phenoxy) is 2. The van der Waals surface area contributed by atoms with E-state index < -0.39 is 32.5 Å². The van der Waals surface area contributed by atoms with Gasteiger partial charge in [-0.25, -0.2) is 4.57 Å². The van der Waals surface area contributed by atoms with Gasteiger partial charge in [-0.2, -0.15) is 0 Å². The summed E-state index contributed by atoms with van der Waals surface area (Å²) in [4.78, 5) is 42.8. The van der Waals surface area contributed by atoms with Crippen LogP contribution in [0, 0.1) is 0 Å². The predicted octanol–water partition coefficient (Wildman–Crippen LogP) is 12.8. The fourth-order valence-corrected chi connectivity index (χ4v) is 6.41. The maximum atomic E-state index is 12.4. The molecule has 0 aromatic rings. The van der Waals surface area contributed by atoms with Crippen molar-refractivity contribution in [3.63, 3.8) is 0 Å². The van der Waals surface area contributed by atoms with Crippen LogP contribution >= 0.6 is 7.82 Å². The van der Waals surface area contributed by atoms with Gasteiger partial charge in [0.25, 0.3) is 0 Å². The lowest BCUT2D eigenvalue weighted by atomic mass is 10.0. The molecule has 9 heteroatoms. The zero-order valence-electron chi connectivity index (χ0n) is 33.0. The Balaban J connectivity index is 3.89. The second-order valence-electron chi connectivity index (χ2n) is 14.3. The summed E-state index contributed by atoms with van der Waals surface area (Å²) in [6.45, 7) is 3.67. The van der Waals surface area contributed by atoms with E-state index >= 15 is 0 Å². The van der Waals surface area contributed by atoms with Gasteiger partial charge in [0.1, 0.15) is 6.61 Å². The lowest BCUT2D eigenvalue weighted by Crippen LogP contribution is -2.29. The molecule has 0 fully saturated rings. The van der Waals surface area contributed by atoms with Crippen molar-refractivity contribution in [3.05, 3.63) is 24.3 Å². The minimum Gasteiger partial charge on any atom is -0.462 e. The molecule has 0 saturated heterocycles. The lowest BCUT2D eigenvalue weighted by Gasteiger charge is -2.18. The number of carbonyl (C=O) groups is 2. The lowest BCUT2D eigenvalue weighted by molar-refractivity contribution is -0.161. The summed E-state index contributed by atoms with van der Waals surface area (Å²) in [7, 11) is -4.75. The van der Waals surface area contributed by atoms with E-state index in [1.54, 1.807) is 0 Å². The molecule has 0 bridgehead atoms. The number of phosphoric acid groups is 1. The molecule has 0 saturated carbocycles. The average molecular weight is 743 g/mol. The molecule has 1 atom stereocenters. The highest BCUT2D eigenvalue weighted by Gasteiger charge is 2.22. The third-order valence-corrected chi connectivity index (χ3v) is 9.71. The zero-order valence-corrected chi connectivity index (χ0v) is 33.9. The number of phosphoric ester groups is 1. The smallest absolute Gasteiger partial charge is 0.462 e. The van der Waals surface area contributed by atoms with E-state index in [0.29, 0.717) is 6.42 Å². The highest BCUT2D eigenvalue weighted by atomic mass is 31.2. The van der Waals surface area contributed by atoms with Crippen molar-refractivity contribution in [1.82, 2.24) is 0 Å². The highest BCUT2D eigenvalue weighted by molar-refractivity contribution is 7.46. The first-order valence-electron chi connectivity index (χ1n) is 21.1. The summed E-state index contributed by atoms with van der Waals surface area (Å²) in [6.07, 6.45) is 43.3. The molecule has 300 valence electrons. The molecule has 0 spiro atoms. The summed E-state index contributed by atoms with van der Waals surface area (Å²) in [5.74, 6) is -0.892. The van der Waals surface area contributed by atoms with Crippen molar-refractivity contribution >= 4 is 19.8 Å². The van der Waals surface area contributed by atoms with Crippen LogP contribution in [0.3, 0.4) is 0 Å². The molecule has 0 radical (unpaired) electrons. The molecule has 51 heavy (non-hydrogen) atoms. The summed E-state index contributed by atoms with van der Waals surface area (Å²) in [5.41, 5.74) is 0. The highest BCUT2D eigenvalue weighted by Crippen LogP contribution is 2.36. The van der Waals surface area contributed by atoms with Crippen molar-refractivity contribution < 1.29 is 37.9 Å². The van der Waals surface area contributed by atoms with Crippen molar-refractivity contribution in [3.8, 4) is 0 Å². The van der Waals surface area contributed by atoms with E-state index in [9.17, 15) is 14.2 Å². The molecule has 8 nitrogen and oxygen atoms in total. The Kier molecular flexibility index (Phi) is 37.2. The largest absolute Gasteiger partial charge is 0.469 e.